The summed E-state index contributed by atoms with van der Waals surface area (Å²) >= 11 is 0. The molecule has 0 spiro atoms. The minimum Gasteiger partial charge on any atom is -0.481 e. The van der Waals surface area contributed by atoms with Crippen LogP contribution in [-0.2, 0) is 11.2 Å². The van der Waals surface area contributed by atoms with Crippen LogP contribution < -0.4 is 10.5 Å². The largest absolute Gasteiger partial charge is 0.481 e. The summed E-state index contributed by atoms with van der Waals surface area (Å²) in [6, 6.07) is 14.8. The molecule has 156 valence electrons. The zero-order valence-electron chi connectivity index (χ0n) is 16.8. The minimum atomic E-state index is -0.566. The third kappa shape index (κ3) is 5.64. The van der Waals surface area contributed by atoms with Crippen LogP contribution in [0, 0.1) is 0 Å². The number of ether oxygens (including phenoxy) is 1. The van der Waals surface area contributed by atoms with E-state index in [9.17, 15) is 9.59 Å². The molecule has 2 aromatic carbocycles. The number of anilines is 1. The van der Waals surface area contributed by atoms with Gasteiger partial charge in [0.1, 0.15) is 5.75 Å². The summed E-state index contributed by atoms with van der Waals surface area (Å²) in [5, 5.41) is 0. The normalized spacial score (nSPS) is 14.7. The average Bonchev–Trinajstić information content (AvgIpc) is 2.73. The van der Waals surface area contributed by atoms with Crippen molar-refractivity contribution < 1.29 is 14.3 Å². The number of rotatable bonds is 5. The van der Waals surface area contributed by atoms with E-state index in [1.54, 1.807) is 41.0 Å². The van der Waals surface area contributed by atoms with Crippen LogP contribution >= 0.6 is 12.4 Å². The smallest absolute Gasteiger partial charge is 0.263 e. The Labute approximate surface area is 178 Å². The maximum atomic E-state index is 12.7. The van der Waals surface area contributed by atoms with Crippen molar-refractivity contribution in [3.05, 3.63) is 59.7 Å². The molecule has 29 heavy (non-hydrogen) atoms. The van der Waals surface area contributed by atoms with Gasteiger partial charge < -0.3 is 20.3 Å². The molecule has 1 aliphatic rings. The number of hydrogen-bond donors (Lipinski definition) is 1. The van der Waals surface area contributed by atoms with Gasteiger partial charge in [-0.1, -0.05) is 25.1 Å². The lowest BCUT2D eigenvalue weighted by molar-refractivity contribution is -0.139. The molecule has 1 aliphatic heterocycles. The summed E-state index contributed by atoms with van der Waals surface area (Å²) in [7, 11) is 0. The molecule has 6 nitrogen and oxygen atoms in total. The molecule has 0 bridgehead atoms. The van der Waals surface area contributed by atoms with Crippen LogP contribution in [0.5, 0.6) is 5.75 Å². The fourth-order valence-electron chi connectivity index (χ4n) is 3.30. The highest BCUT2D eigenvalue weighted by atomic mass is 35.5. The van der Waals surface area contributed by atoms with E-state index < -0.39 is 6.10 Å². The number of nitrogens with zero attached hydrogens (tertiary/aromatic N) is 2. The summed E-state index contributed by atoms with van der Waals surface area (Å²) in [6.07, 6.45) is 0.400. The van der Waals surface area contributed by atoms with Gasteiger partial charge in [0.25, 0.3) is 11.8 Å². The number of aryl methyl sites for hydroxylation is 1. The Hall–Kier alpha value is -2.73. The molecular weight excluding hydrogens is 390 g/mol. The number of hydrogen-bond acceptors (Lipinski definition) is 4. The van der Waals surface area contributed by atoms with E-state index in [4.69, 9.17) is 10.5 Å². The lowest BCUT2D eigenvalue weighted by Crippen LogP contribution is -2.53. The molecule has 1 unspecified atom stereocenters. The van der Waals surface area contributed by atoms with Crippen LogP contribution in [0.2, 0.25) is 0 Å². The molecule has 3 rings (SSSR count). The Kier molecular flexibility index (Phi) is 7.91. The number of benzene rings is 2. The summed E-state index contributed by atoms with van der Waals surface area (Å²) in [5.74, 6) is 0.573. The average molecular weight is 418 g/mol. The molecule has 0 aliphatic carbocycles. The van der Waals surface area contributed by atoms with Crippen molar-refractivity contribution >= 4 is 29.9 Å². The van der Waals surface area contributed by atoms with Gasteiger partial charge in [0.05, 0.1) is 0 Å². The molecule has 0 radical (unpaired) electrons. The van der Waals surface area contributed by atoms with Crippen LogP contribution in [0.25, 0.3) is 0 Å². The molecule has 2 aromatic rings. The molecule has 2 N–H and O–H groups in total. The van der Waals surface area contributed by atoms with E-state index >= 15 is 0 Å². The number of halogens is 1. The Morgan fingerprint density at radius 1 is 1.03 bits per heavy atom. The first-order valence-electron chi connectivity index (χ1n) is 9.67. The predicted octanol–water partition coefficient (Wildman–Crippen LogP) is 3.00. The van der Waals surface area contributed by atoms with Gasteiger partial charge in [-0.2, -0.15) is 0 Å². The first-order chi connectivity index (χ1) is 13.5. The highest BCUT2D eigenvalue weighted by Gasteiger charge is 2.28. The van der Waals surface area contributed by atoms with Gasteiger partial charge in [0.2, 0.25) is 0 Å². The van der Waals surface area contributed by atoms with Crippen LogP contribution in [0.15, 0.2) is 48.5 Å². The Bertz CT molecular complexity index is 833. The van der Waals surface area contributed by atoms with Crippen molar-refractivity contribution in [2.24, 2.45) is 0 Å². The SMILES string of the molecule is CCc1ccc(OC(C)C(=O)N2CCN(C(=O)c3cccc(N)c3)CC2)cc1.Cl. The van der Waals surface area contributed by atoms with Gasteiger partial charge in [-0.05, 0) is 49.2 Å². The summed E-state index contributed by atoms with van der Waals surface area (Å²) in [5.41, 5.74) is 8.14. The molecule has 7 heteroatoms. The van der Waals surface area contributed by atoms with Crippen LogP contribution in [0.1, 0.15) is 29.8 Å². The first kappa shape index (κ1) is 22.6. The second kappa shape index (κ2) is 10.2. The maximum absolute atomic E-state index is 12.7. The van der Waals surface area contributed by atoms with Gasteiger partial charge in [-0.3, -0.25) is 9.59 Å². The van der Waals surface area contributed by atoms with Gasteiger partial charge in [-0.25, -0.2) is 0 Å². The maximum Gasteiger partial charge on any atom is 0.263 e. The van der Waals surface area contributed by atoms with E-state index in [1.165, 1.54) is 5.56 Å². The third-order valence-electron chi connectivity index (χ3n) is 5.00. The third-order valence-corrected chi connectivity index (χ3v) is 5.00. The van der Waals surface area contributed by atoms with Gasteiger partial charge >= 0.3 is 0 Å². The molecular formula is C22H28ClN3O3. The highest BCUT2D eigenvalue weighted by molar-refractivity contribution is 5.95. The van der Waals surface area contributed by atoms with Gasteiger partial charge in [-0.15, -0.1) is 12.4 Å². The standard InChI is InChI=1S/C22H27N3O3.ClH/c1-3-17-7-9-20(10-8-17)28-16(2)21(26)24-11-13-25(14-12-24)22(27)18-5-4-6-19(23)15-18;/h4-10,15-16H,3,11-14,23H2,1-2H3;1H. The van der Waals surface area contributed by atoms with E-state index in [0.29, 0.717) is 43.2 Å². The fourth-order valence-corrected chi connectivity index (χ4v) is 3.30. The van der Waals surface area contributed by atoms with Crippen molar-refractivity contribution in [2.75, 3.05) is 31.9 Å². The number of carbonyl (C=O) groups is 2. The number of amides is 2. The molecule has 0 saturated carbocycles. The number of piperazine rings is 1. The van der Waals surface area contributed by atoms with Gasteiger partial charge in [0, 0.05) is 37.4 Å². The summed E-state index contributed by atoms with van der Waals surface area (Å²) in [4.78, 5) is 28.8. The van der Waals surface area contributed by atoms with E-state index in [2.05, 4.69) is 6.92 Å². The second-order valence-corrected chi connectivity index (χ2v) is 7.00. The lowest BCUT2D eigenvalue weighted by Gasteiger charge is -2.36. The highest BCUT2D eigenvalue weighted by Crippen LogP contribution is 2.16. The monoisotopic (exact) mass is 417 g/mol. The Balaban J connectivity index is 0.00000300. The zero-order chi connectivity index (χ0) is 20.1. The Morgan fingerprint density at radius 3 is 2.24 bits per heavy atom. The molecule has 1 atom stereocenters. The van der Waals surface area contributed by atoms with Gasteiger partial charge in [0.15, 0.2) is 6.10 Å². The predicted molar refractivity (Wildman–Crippen MR) is 116 cm³/mol. The number of nitrogens with two attached hydrogens (primary N) is 1. The quantitative estimate of drug-likeness (QED) is 0.759. The second-order valence-electron chi connectivity index (χ2n) is 7.00. The first-order valence-corrected chi connectivity index (χ1v) is 9.67. The molecule has 1 heterocycles. The molecule has 2 amide bonds. The van der Waals surface area contributed by atoms with Crippen molar-refractivity contribution in [2.45, 2.75) is 26.4 Å². The van der Waals surface area contributed by atoms with E-state index in [1.807, 2.05) is 24.3 Å². The zero-order valence-corrected chi connectivity index (χ0v) is 17.7. The number of nitrogen functional groups attached to an aromatic ring is 1. The Morgan fingerprint density at radius 2 is 1.66 bits per heavy atom. The summed E-state index contributed by atoms with van der Waals surface area (Å²) < 4.78 is 5.80. The van der Waals surface area contributed by atoms with Crippen molar-refractivity contribution in [3.63, 3.8) is 0 Å². The van der Waals surface area contributed by atoms with E-state index in [-0.39, 0.29) is 24.2 Å². The lowest BCUT2D eigenvalue weighted by atomic mass is 10.1. The van der Waals surface area contributed by atoms with Crippen molar-refractivity contribution in [1.29, 1.82) is 0 Å². The fraction of sp³-hybridized carbons (Fsp3) is 0.364. The summed E-state index contributed by atoms with van der Waals surface area (Å²) in [6.45, 7) is 5.85. The molecule has 1 fully saturated rings. The topological polar surface area (TPSA) is 75.9 Å². The molecule has 0 aromatic heterocycles. The van der Waals surface area contributed by atoms with Crippen LogP contribution in [-0.4, -0.2) is 53.9 Å². The van der Waals surface area contributed by atoms with E-state index in [0.717, 1.165) is 6.42 Å². The number of carbonyl (C=O) groups excluding carboxylic acids is 2. The van der Waals surface area contributed by atoms with Crippen LogP contribution in [0.4, 0.5) is 5.69 Å². The van der Waals surface area contributed by atoms with Crippen LogP contribution in [0.3, 0.4) is 0 Å². The van der Waals surface area contributed by atoms with Crippen molar-refractivity contribution in [3.8, 4) is 5.75 Å². The minimum absolute atomic E-state index is 0. The van der Waals surface area contributed by atoms with Crippen molar-refractivity contribution in [1.82, 2.24) is 9.80 Å². The molecule has 1 saturated heterocycles.